The number of unbranched alkanes of at least 4 members (excludes halogenated alkanes) is 1. The zero-order valence-electron chi connectivity index (χ0n) is 14.1. The van der Waals surface area contributed by atoms with Crippen molar-refractivity contribution in [3.05, 3.63) is 28.2 Å². The minimum Gasteiger partial charge on any atom is -0.492 e. The first-order chi connectivity index (χ1) is 11.6. The minimum absolute atomic E-state index is 0.205. The van der Waals surface area contributed by atoms with Gasteiger partial charge in [-0.25, -0.2) is 0 Å². The molecule has 1 saturated carbocycles. The lowest BCUT2D eigenvalue weighted by atomic mass is 9.96. The molecule has 1 amide bonds. The third-order valence-corrected chi connectivity index (χ3v) is 4.96. The molecule has 24 heavy (non-hydrogen) atoms. The molecule has 1 aromatic carbocycles. The summed E-state index contributed by atoms with van der Waals surface area (Å²) in [5.41, 5.74) is 0.553. The average Bonchev–Trinajstić information content (AvgIpc) is 2.57. The molecule has 0 aliphatic heterocycles. The van der Waals surface area contributed by atoms with E-state index in [9.17, 15) is 4.79 Å². The highest BCUT2D eigenvalue weighted by Gasteiger charge is 2.16. The summed E-state index contributed by atoms with van der Waals surface area (Å²) >= 11 is 8.72. The predicted octanol–water partition coefficient (Wildman–Crippen LogP) is 4.57. The van der Waals surface area contributed by atoms with E-state index in [0.717, 1.165) is 35.9 Å². The lowest BCUT2D eigenvalue weighted by Gasteiger charge is -2.24. The Morgan fingerprint density at radius 3 is 2.75 bits per heavy atom. The van der Waals surface area contributed by atoms with E-state index in [0.29, 0.717) is 23.3 Å². The second kappa shape index (κ2) is 9.99. The molecule has 0 bridgehead atoms. The SMILES string of the molecule is CCCCOc1ccc(C(=O)NC(=S)NC2CCCCC2)cc1Br. The molecule has 4 nitrogen and oxygen atoms in total. The van der Waals surface area contributed by atoms with Gasteiger partial charge in [-0.1, -0.05) is 32.6 Å². The number of ether oxygens (including phenoxy) is 1. The van der Waals surface area contributed by atoms with Crippen molar-refractivity contribution in [1.82, 2.24) is 10.6 Å². The van der Waals surface area contributed by atoms with E-state index in [4.69, 9.17) is 17.0 Å². The van der Waals surface area contributed by atoms with Crippen molar-refractivity contribution >= 4 is 39.2 Å². The van der Waals surface area contributed by atoms with Gasteiger partial charge in [-0.15, -0.1) is 0 Å². The van der Waals surface area contributed by atoms with Gasteiger partial charge >= 0.3 is 0 Å². The minimum atomic E-state index is -0.205. The summed E-state index contributed by atoms with van der Waals surface area (Å²) in [6.45, 7) is 2.80. The molecule has 6 heteroatoms. The monoisotopic (exact) mass is 412 g/mol. The van der Waals surface area contributed by atoms with Crippen molar-refractivity contribution in [3.63, 3.8) is 0 Å². The normalized spacial score (nSPS) is 14.9. The van der Waals surface area contributed by atoms with Crippen LogP contribution in [0.1, 0.15) is 62.2 Å². The number of thiocarbonyl (C=S) groups is 1. The second-order valence-corrected chi connectivity index (χ2v) is 7.37. The molecule has 0 saturated heterocycles. The third-order valence-electron chi connectivity index (χ3n) is 4.12. The number of benzene rings is 1. The maximum absolute atomic E-state index is 12.3. The number of hydrogen-bond acceptors (Lipinski definition) is 3. The fraction of sp³-hybridized carbons (Fsp3) is 0.556. The van der Waals surface area contributed by atoms with E-state index in [2.05, 4.69) is 33.5 Å². The van der Waals surface area contributed by atoms with Crippen LogP contribution in [0.4, 0.5) is 0 Å². The van der Waals surface area contributed by atoms with Gasteiger partial charge in [0.05, 0.1) is 11.1 Å². The maximum atomic E-state index is 12.3. The fourth-order valence-corrected chi connectivity index (χ4v) is 3.48. The van der Waals surface area contributed by atoms with Crippen LogP contribution >= 0.6 is 28.1 Å². The van der Waals surface area contributed by atoms with Crippen LogP contribution < -0.4 is 15.4 Å². The molecule has 1 aromatic rings. The third kappa shape index (κ3) is 6.06. The van der Waals surface area contributed by atoms with Crippen LogP contribution in [-0.4, -0.2) is 23.7 Å². The zero-order chi connectivity index (χ0) is 17.4. The summed E-state index contributed by atoms with van der Waals surface area (Å²) in [5.74, 6) is 0.548. The molecule has 132 valence electrons. The first-order valence-electron chi connectivity index (χ1n) is 8.64. The molecular weight excluding hydrogens is 388 g/mol. The van der Waals surface area contributed by atoms with Gasteiger partial charge < -0.3 is 10.1 Å². The van der Waals surface area contributed by atoms with Gasteiger partial charge in [0, 0.05) is 11.6 Å². The summed E-state index contributed by atoms with van der Waals surface area (Å²) < 4.78 is 6.45. The first-order valence-corrected chi connectivity index (χ1v) is 9.84. The van der Waals surface area contributed by atoms with Gasteiger partial charge in [-0.05, 0) is 65.6 Å². The number of carbonyl (C=O) groups is 1. The summed E-state index contributed by atoms with van der Waals surface area (Å²) in [7, 11) is 0. The Balaban J connectivity index is 1.87. The maximum Gasteiger partial charge on any atom is 0.257 e. The summed E-state index contributed by atoms with van der Waals surface area (Å²) in [6, 6.07) is 5.71. The Hall–Kier alpha value is -1.14. The van der Waals surface area contributed by atoms with Crippen LogP contribution in [0.15, 0.2) is 22.7 Å². The quantitative estimate of drug-likeness (QED) is 0.530. The molecule has 1 fully saturated rings. The Morgan fingerprint density at radius 1 is 1.33 bits per heavy atom. The molecule has 1 aliphatic carbocycles. The highest BCUT2D eigenvalue weighted by atomic mass is 79.9. The lowest BCUT2D eigenvalue weighted by molar-refractivity contribution is 0.0976. The van der Waals surface area contributed by atoms with Gasteiger partial charge in [0.1, 0.15) is 5.75 Å². The Kier molecular flexibility index (Phi) is 7.99. The lowest BCUT2D eigenvalue weighted by Crippen LogP contribution is -2.45. The van der Waals surface area contributed by atoms with E-state index in [1.54, 1.807) is 12.1 Å². The molecule has 2 rings (SSSR count). The van der Waals surface area contributed by atoms with Crippen molar-refractivity contribution < 1.29 is 9.53 Å². The number of rotatable bonds is 6. The van der Waals surface area contributed by atoms with Crippen molar-refractivity contribution in [2.75, 3.05) is 6.61 Å². The van der Waals surface area contributed by atoms with Gasteiger partial charge in [-0.3, -0.25) is 10.1 Å². The first kappa shape index (κ1) is 19.2. The largest absolute Gasteiger partial charge is 0.492 e. The molecule has 0 aromatic heterocycles. The average molecular weight is 413 g/mol. The van der Waals surface area contributed by atoms with Gasteiger partial charge in [0.2, 0.25) is 0 Å². The predicted molar refractivity (Wildman–Crippen MR) is 105 cm³/mol. The van der Waals surface area contributed by atoms with Crippen molar-refractivity contribution in [2.45, 2.75) is 57.9 Å². The Labute approximate surface area is 157 Å². The molecule has 0 heterocycles. The summed E-state index contributed by atoms with van der Waals surface area (Å²) in [6.07, 6.45) is 8.06. The topological polar surface area (TPSA) is 50.4 Å². The van der Waals surface area contributed by atoms with Gasteiger partial charge in [0.25, 0.3) is 5.91 Å². The van der Waals surface area contributed by atoms with E-state index in [1.807, 2.05) is 6.07 Å². The molecule has 0 spiro atoms. The fourth-order valence-electron chi connectivity index (χ4n) is 2.73. The van der Waals surface area contributed by atoms with Crippen LogP contribution in [-0.2, 0) is 0 Å². The number of halogens is 1. The smallest absolute Gasteiger partial charge is 0.257 e. The second-order valence-electron chi connectivity index (χ2n) is 6.11. The molecule has 1 aliphatic rings. The van der Waals surface area contributed by atoms with Gasteiger partial charge in [0.15, 0.2) is 5.11 Å². The molecular formula is C18H25BrN2O2S. The Morgan fingerprint density at radius 2 is 2.08 bits per heavy atom. The van der Waals surface area contributed by atoms with Crippen LogP contribution in [0.25, 0.3) is 0 Å². The number of hydrogen-bond donors (Lipinski definition) is 2. The summed E-state index contributed by atoms with van der Waals surface area (Å²) in [5, 5.41) is 6.41. The Bertz CT molecular complexity index is 574. The molecule has 2 N–H and O–H groups in total. The van der Waals surface area contributed by atoms with Crippen LogP contribution in [0.3, 0.4) is 0 Å². The number of nitrogens with one attached hydrogen (secondary N) is 2. The standard InChI is InChI=1S/C18H25BrN2O2S/c1-2-3-11-23-16-10-9-13(12-15(16)19)17(22)21-18(24)20-14-7-5-4-6-8-14/h9-10,12,14H,2-8,11H2,1H3,(H2,20,21,22,24). The zero-order valence-corrected chi connectivity index (χ0v) is 16.5. The number of carbonyl (C=O) groups excluding carboxylic acids is 1. The highest BCUT2D eigenvalue weighted by molar-refractivity contribution is 9.10. The van der Waals surface area contributed by atoms with Crippen molar-refractivity contribution in [2.24, 2.45) is 0 Å². The molecule has 0 unspecified atom stereocenters. The van der Waals surface area contributed by atoms with Crippen molar-refractivity contribution in [1.29, 1.82) is 0 Å². The molecule has 0 radical (unpaired) electrons. The van der Waals surface area contributed by atoms with Crippen LogP contribution in [0, 0.1) is 0 Å². The van der Waals surface area contributed by atoms with Crippen LogP contribution in [0.5, 0.6) is 5.75 Å². The van der Waals surface area contributed by atoms with Crippen LogP contribution in [0.2, 0.25) is 0 Å². The van der Waals surface area contributed by atoms with E-state index < -0.39 is 0 Å². The van der Waals surface area contributed by atoms with E-state index in [1.165, 1.54) is 19.3 Å². The molecule has 0 atom stereocenters. The number of amides is 1. The van der Waals surface area contributed by atoms with Crippen molar-refractivity contribution in [3.8, 4) is 5.75 Å². The highest BCUT2D eigenvalue weighted by Crippen LogP contribution is 2.26. The van der Waals surface area contributed by atoms with E-state index in [-0.39, 0.29) is 5.91 Å². The summed E-state index contributed by atoms with van der Waals surface area (Å²) in [4.78, 5) is 12.3. The van der Waals surface area contributed by atoms with Gasteiger partial charge in [-0.2, -0.15) is 0 Å². The van der Waals surface area contributed by atoms with E-state index >= 15 is 0 Å².